The molecule has 1 aromatic heterocycles. The molecule has 3 N–H and O–H groups in total. The Labute approximate surface area is 121 Å². The highest BCUT2D eigenvalue weighted by atomic mass is 16.5. The molecule has 1 atom stereocenters. The molecule has 1 aliphatic heterocycles. The van der Waals surface area contributed by atoms with Crippen LogP contribution in [-0.4, -0.2) is 29.0 Å². The third-order valence-electron chi connectivity index (χ3n) is 3.12. The molecule has 2 heterocycles. The zero-order valence-electron chi connectivity index (χ0n) is 11.9. The molecule has 1 aromatic rings. The van der Waals surface area contributed by atoms with Crippen LogP contribution in [0.5, 0.6) is 0 Å². The SMILES string of the molecule is CC(C)c1cc(CNC(=O)[C@H]2CCC(=O)NC(=O)N2)no1. The highest BCUT2D eigenvalue weighted by molar-refractivity contribution is 5.98. The first kappa shape index (κ1) is 15.0. The van der Waals surface area contributed by atoms with Crippen molar-refractivity contribution >= 4 is 17.8 Å². The molecular formula is C13H18N4O4. The van der Waals surface area contributed by atoms with Crippen molar-refractivity contribution < 1.29 is 18.9 Å². The average molecular weight is 294 g/mol. The van der Waals surface area contributed by atoms with Gasteiger partial charge in [0, 0.05) is 18.4 Å². The predicted octanol–water partition coefficient (Wildman–Crippen LogP) is 0.402. The van der Waals surface area contributed by atoms with Gasteiger partial charge in [0.1, 0.15) is 17.5 Å². The van der Waals surface area contributed by atoms with Crippen LogP contribution in [0.2, 0.25) is 0 Å². The lowest BCUT2D eigenvalue weighted by Crippen LogP contribution is -2.48. The lowest BCUT2D eigenvalue weighted by atomic mass is 10.1. The van der Waals surface area contributed by atoms with Gasteiger partial charge in [-0.05, 0) is 6.42 Å². The first-order valence-electron chi connectivity index (χ1n) is 6.79. The van der Waals surface area contributed by atoms with Crippen LogP contribution in [0.1, 0.15) is 44.1 Å². The fraction of sp³-hybridized carbons (Fsp3) is 0.538. The Balaban J connectivity index is 1.88. The van der Waals surface area contributed by atoms with Gasteiger partial charge < -0.3 is 15.2 Å². The van der Waals surface area contributed by atoms with E-state index in [0.717, 1.165) is 5.76 Å². The van der Waals surface area contributed by atoms with Crippen LogP contribution in [0.25, 0.3) is 0 Å². The molecule has 1 fully saturated rings. The van der Waals surface area contributed by atoms with E-state index in [2.05, 4.69) is 21.1 Å². The maximum absolute atomic E-state index is 12.0. The Bertz CT molecular complexity index is 552. The maximum Gasteiger partial charge on any atom is 0.322 e. The molecule has 8 nitrogen and oxygen atoms in total. The molecular weight excluding hydrogens is 276 g/mol. The third-order valence-corrected chi connectivity index (χ3v) is 3.12. The molecule has 0 aromatic carbocycles. The van der Waals surface area contributed by atoms with Gasteiger partial charge in [-0.3, -0.25) is 14.9 Å². The summed E-state index contributed by atoms with van der Waals surface area (Å²) in [6, 6.07) is 0.399. The second-order valence-corrected chi connectivity index (χ2v) is 5.21. The number of urea groups is 1. The number of carbonyl (C=O) groups excluding carboxylic acids is 3. The number of carbonyl (C=O) groups is 3. The summed E-state index contributed by atoms with van der Waals surface area (Å²) in [6.45, 7) is 4.17. The van der Waals surface area contributed by atoms with E-state index < -0.39 is 12.1 Å². The van der Waals surface area contributed by atoms with Crippen LogP contribution in [-0.2, 0) is 16.1 Å². The van der Waals surface area contributed by atoms with E-state index >= 15 is 0 Å². The number of hydrogen-bond donors (Lipinski definition) is 3. The molecule has 0 bridgehead atoms. The number of amides is 4. The van der Waals surface area contributed by atoms with Crippen LogP contribution in [0.4, 0.5) is 4.79 Å². The van der Waals surface area contributed by atoms with Crippen LogP contribution in [0, 0.1) is 0 Å². The summed E-state index contributed by atoms with van der Waals surface area (Å²) in [5, 5.41) is 11.1. The van der Waals surface area contributed by atoms with E-state index in [4.69, 9.17) is 4.52 Å². The minimum atomic E-state index is -0.729. The Kier molecular flexibility index (Phi) is 4.56. The number of aromatic nitrogens is 1. The molecule has 0 radical (unpaired) electrons. The van der Waals surface area contributed by atoms with Gasteiger partial charge in [-0.25, -0.2) is 4.79 Å². The third kappa shape index (κ3) is 4.04. The van der Waals surface area contributed by atoms with Crippen molar-refractivity contribution in [1.29, 1.82) is 0 Å². The molecule has 1 aliphatic rings. The second-order valence-electron chi connectivity index (χ2n) is 5.21. The monoisotopic (exact) mass is 294 g/mol. The van der Waals surface area contributed by atoms with Gasteiger partial charge in [0.05, 0.1) is 6.54 Å². The van der Waals surface area contributed by atoms with Crippen molar-refractivity contribution in [2.45, 2.75) is 45.2 Å². The smallest absolute Gasteiger partial charge is 0.322 e. The molecule has 1 saturated heterocycles. The van der Waals surface area contributed by atoms with E-state index in [1.807, 2.05) is 13.8 Å². The van der Waals surface area contributed by atoms with Crippen LogP contribution < -0.4 is 16.0 Å². The van der Waals surface area contributed by atoms with Crippen LogP contribution in [0.3, 0.4) is 0 Å². The van der Waals surface area contributed by atoms with Gasteiger partial charge in [0.15, 0.2) is 0 Å². The molecule has 2 rings (SSSR count). The lowest BCUT2D eigenvalue weighted by Gasteiger charge is -2.13. The van der Waals surface area contributed by atoms with Gasteiger partial charge in [-0.15, -0.1) is 0 Å². The highest BCUT2D eigenvalue weighted by Crippen LogP contribution is 2.14. The van der Waals surface area contributed by atoms with Crippen molar-refractivity contribution in [2.75, 3.05) is 0 Å². The normalized spacial score (nSPS) is 18.9. The first-order valence-corrected chi connectivity index (χ1v) is 6.79. The van der Waals surface area contributed by atoms with Gasteiger partial charge >= 0.3 is 6.03 Å². The topological polar surface area (TPSA) is 113 Å². The molecule has 0 saturated carbocycles. The summed E-state index contributed by atoms with van der Waals surface area (Å²) in [5.41, 5.74) is 0.612. The number of imide groups is 1. The first-order chi connectivity index (χ1) is 9.95. The Morgan fingerprint density at radius 3 is 2.95 bits per heavy atom. The van der Waals surface area contributed by atoms with Crippen molar-refractivity contribution in [3.63, 3.8) is 0 Å². The molecule has 8 heteroatoms. The van der Waals surface area contributed by atoms with Crippen molar-refractivity contribution in [3.8, 4) is 0 Å². The minimum Gasteiger partial charge on any atom is -0.361 e. The fourth-order valence-corrected chi connectivity index (χ4v) is 1.91. The van der Waals surface area contributed by atoms with Crippen molar-refractivity contribution in [2.24, 2.45) is 0 Å². The zero-order chi connectivity index (χ0) is 15.4. The quantitative estimate of drug-likeness (QED) is 0.744. The molecule has 0 aliphatic carbocycles. The molecule has 21 heavy (non-hydrogen) atoms. The Hall–Kier alpha value is -2.38. The second kappa shape index (κ2) is 6.38. The highest BCUT2D eigenvalue weighted by Gasteiger charge is 2.26. The molecule has 0 unspecified atom stereocenters. The average Bonchev–Trinajstić information content (AvgIpc) is 2.82. The van der Waals surface area contributed by atoms with E-state index in [0.29, 0.717) is 5.69 Å². The van der Waals surface area contributed by atoms with E-state index in [-0.39, 0.29) is 37.1 Å². The standard InChI is InChI=1S/C13H18N4O4/c1-7(2)10-5-8(17-21-10)6-14-12(19)9-3-4-11(18)16-13(20)15-9/h5,7,9H,3-4,6H2,1-2H3,(H,14,19)(H2,15,16,18,20)/t9-/m1/s1. The van der Waals surface area contributed by atoms with E-state index in [1.54, 1.807) is 6.07 Å². The number of rotatable bonds is 4. The summed E-state index contributed by atoms with van der Waals surface area (Å²) >= 11 is 0. The summed E-state index contributed by atoms with van der Waals surface area (Å²) in [7, 11) is 0. The molecule has 0 spiro atoms. The maximum atomic E-state index is 12.0. The number of nitrogens with one attached hydrogen (secondary N) is 3. The largest absolute Gasteiger partial charge is 0.361 e. The summed E-state index contributed by atoms with van der Waals surface area (Å²) in [4.78, 5) is 34.5. The molecule has 114 valence electrons. The fourth-order valence-electron chi connectivity index (χ4n) is 1.91. The summed E-state index contributed by atoms with van der Waals surface area (Å²) < 4.78 is 5.13. The van der Waals surface area contributed by atoms with Gasteiger partial charge in [-0.1, -0.05) is 19.0 Å². The van der Waals surface area contributed by atoms with Gasteiger partial charge in [0.25, 0.3) is 0 Å². The minimum absolute atomic E-state index is 0.123. The van der Waals surface area contributed by atoms with Crippen LogP contribution in [0.15, 0.2) is 10.6 Å². The number of nitrogens with zero attached hydrogens (tertiary/aromatic N) is 1. The van der Waals surface area contributed by atoms with Crippen molar-refractivity contribution in [3.05, 3.63) is 17.5 Å². The van der Waals surface area contributed by atoms with Gasteiger partial charge in [-0.2, -0.15) is 0 Å². The zero-order valence-corrected chi connectivity index (χ0v) is 11.9. The Morgan fingerprint density at radius 1 is 1.52 bits per heavy atom. The predicted molar refractivity (Wildman–Crippen MR) is 72.1 cm³/mol. The lowest BCUT2D eigenvalue weighted by molar-refractivity contribution is -0.123. The van der Waals surface area contributed by atoms with E-state index in [1.165, 1.54) is 0 Å². The molecule has 4 amide bonds. The number of hydrogen-bond acceptors (Lipinski definition) is 5. The summed E-state index contributed by atoms with van der Waals surface area (Å²) in [6.07, 6.45) is 0.387. The van der Waals surface area contributed by atoms with E-state index in [9.17, 15) is 14.4 Å². The van der Waals surface area contributed by atoms with Gasteiger partial charge in [0.2, 0.25) is 11.8 Å². The van der Waals surface area contributed by atoms with Crippen molar-refractivity contribution in [1.82, 2.24) is 21.1 Å². The van der Waals surface area contributed by atoms with Crippen LogP contribution >= 0.6 is 0 Å². The Morgan fingerprint density at radius 2 is 2.29 bits per heavy atom. The summed E-state index contributed by atoms with van der Waals surface area (Å²) in [5.74, 6) is 0.229.